The highest BCUT2D eigenvalue weighted by molar-refractivity contribution is 7.22. The van der Waals surface area contributed by atoms with E-state index in [0.29, 0.717) is 0 Å². The highest BCUT2D eigenvalue weighted by Crippen LogP contribution is 2.28. The van der Waals surface area contributed by atoms with Gasteiger partial charge in [-0.3, -0.25) is 0 Å². The quantitative estimate of drug-likeness (QED) is 0.869. The summed E-state index contributed by atoms with van der Waals surface area (Å²) in [5, 5.41) is 7.56. The summed E-state index contributed by atoms with van der Waals surface area (Å²) >= 11 is 1.69. The Morgan fingerprint density at radius 1 is 1.44 bits per heavy atom. The van der Waals surface area contributed by atoms with Crippen molar-refractivity contribution in [3.8, 4) is 0 Å². The van der Waals surface area contributed by atoms with Gasteiger partial charge in [-0.15, -0.1) is 0 Å². The third-order valence-corrected chi connectivity index (χ3v) is 4.33. The van der Waals surface area contributed by atoms with E-state index in [1.807, 2.05) is 7.05 Å². The fourth-order valence-corrected chi connectivity index (χ4v) is 2.98. The molecular formula is C14H17N3S. The molecule has 18 heavy (non-hydrogen) atoms. The predicted octanol–water partition coefficient (Wildman–Crippen LogP) is 3.31. The number of hydrogen-bond acceptors (Lipinski definition) is 4. The minimum absolute atomic E-state index is 0.729. The summed E-state index contributed by atoms with van der Waals surface area (Å²) in [4.78, 5) is 4.55. The van der Waals surface area contributed by atoms with Crippen LogP contribution in [-0.4, -0.2) is 18.6 Å². The lowest BCUT2D eigenvalue weighted by Crippen LogP contribution is -2.23. The zero-order valence-electron chi connectivity index (χ0n) is 10.7. The fourth-order valence-electron chi connectivity index (χ4n) is 2.18. The third kappa shape index (κ3) is 2.08. The van der Waals surface area contributed by atoms with Crippen molar-refractivity contribution < 1.29 is 0 Å². The lowest BCUT2D eigenvalue weighted by molar-refractivity contribution is 0.550. The molecule has 1 aliphatic rings. The Bertz CT molecular complexity index is 600. The molecule has 0 spiro atoms. The topological polar surface area (TPSA) is 37.0 Å². The summed E-state index contributed by atoms with van der Waals surface area (Å²) in [6.45, 7) is 3.33. The molecule has 4 heteroatoms. The summed E-state index contributed by atoms with van der Waals surface area (Å²) < 4.78 is 1.23. The van der Waals surface area contributed by atoms with Crippen molar-refractivity contribution in [3.05, 3.63) is 29.8 Å². The van der Waals surface area contributed by atoms with E-state index in [1.165, 1.54) is 16.0 Å². The molecule has 0 saturated carbocycles. The summed E-state index contributed by atoms with van der Waals surface area (Å²) in [6.07, 6.45) is 3.44. The largest absolute Gasteiger partial charge is 0.385 e. The van der Waals surface area contributed by atoms with Crippen LogP contribution in [0.4, 0.5) is 5.13 Å². The van der Waals surface area contributed by atoms with E-state index in [9.17, 15) is 0 Å². The first-order valence-corrected chi connectivity index (χ1v) is 7.10. The Morgan fingerprint density at radius 3 is 3.06 bits per heavy atom. The van der Waals surface area contributed by atoms with Crippen molar-refractivity contribution in [2.45, 2.75) is 13.3 Å². The zero-order valence-corrected chi connectivity index (χ0v) is 11.5. The standard InChI is InChI=1S/C14H17N3S/c1-9-3-5-11(16-8-9)10-4-6-13-12(7-10)17-14(15-2)18-13/h4-7,9,16H,3,8H2,1-2H3,(H,15,17). The van der Waals surface area contributed by atoms with Gasteiger partial charge in [0.1, 0.15) is 0 Å². The molecule has 1 aromatic heterocycles. The third-order valence-electron chi connectivity index (χ3n) is 3.28. The number of hydrogen-bond donors (Lipinski definition) is 2. The van der Waals surface area contributed by atoms with Crippen molar-refractivity contribution >= 4 is 32.4 Å². The maximum atomic E-state index is 4.55. The van der Waals surface area contributed by atoms with Crippen LogP contribution in [0.15, 0.2) is 24.3 Å². The van der Waals surface area contributed by atoms with Crippen LogP contribution in [0.25, 0.3) is 15.9 Å². The molecule has 0 saturated heterocycles. The summed E-state index contributed by atoms with van der Waals surface area (Å²) in [5.74, 6) is 0.729. The van der Waals surface area contributed by atoms with Crippen LogP contribution in [0.1, 0.15) is 18.9 Å². The van der Waals surface area contributed by atoms with Crippen molar-refractivity contribution in [2.24, 2.45) is 5.92 Å². The molecule has 1 aliphatic heterocycles. The molecule has 1 unspecified atom stereocenters. The van der Waals surface area contributed by atoms with Gasteiger partial charge in [-0.1, -0.05) is 30.4 Å². The molecule has 0 aliphatic carbocycles. The van der Waals surface area contributed by atoms with Crippen LogP contribution in [0.2, 0.25) is 0 Å². The average Bonchev–Trinajstić information content (AvgIpc) is 2.81. The van der Waals surface area contributed by atoms with Crippen molar-refractivity contribution in [3.63, 3.8) is 0 Å². The number of allylic oxidation sites excluding steroid dienone is 1. The first-order chi connectivity index (χ1) is 8.76. The van der Waals surface area contributed by atoms with E-state index < -0.39 is 0 Å². The van der Waals surface area contributed by atoms with Gasteiger partial charge in [-0.2, -0.15) is 0 Å². The number of thiazole rings is 1. The highest BCUT2D eigenvalue weighted by Gasteiger charge is 2.11. The minimum Gasteiger partial charge on any atom is -0.385 e. The van der Waals surface area contributed by atoms with Crippen LogP contribution in [0.3, 0.4) is 0 Å². The number of benzene rings is 1. The molecule has 2 N–H and O–H groups in total. The van der Waals surface area contributed by atoms with Crippen LogP contribution >= 0.6 is 11.3 Å². The monoisotopic (exact) mass is 259 g/mol. The first-order valence-electron chi connectivity index (χ1n) is 6.29. The van der Waals surface area contributed by atoms with Crippen molar-refractivity contribution in [2.75, 3.05) is 18.9 Å². The fraction of sp³-hybridized carbons (Fsp3) is 0.357. The normalized spacial score (nSPS) is 19.4. The van der Waals surface area contributed by atoms with Gasteiger partial charge in [0.2, 0.25) is 0 Å². The zero-order chi connectivity index (χ0) is 12.5. The molecule has 2 aromatic rings. The van der Waals surface area contributed by atoms with Gasteiger partial charge in [0.25, 0.3) is 0 Å². The Labute approximate surface area is 111 Å². The van der Waals surface area contributed by atoms with Gasteiger partial charge >= 0.3 is 0 Å². The number of anilines is 1. The lowest BCUT2D eigenvalue weighted by atomic mass is 10.0. The molecule has 0 fully saturated rings. The second kappa shape index (κ2) is 4.61. The second-order valence-corrected chi connectivity index (χ2v) is 5.82. The Hall–Kier alpha value is -1.55. The van der Waals surface area contributed by atoms with Crippen LogP contribution in [-0.2, 0) is 0 Å². The molecule has 3 rings (SSSR count). The first kappa shape index (κ1) is 11.5. The molecule has 0 bridgehead atoms. The Kier molecular flexibility index (Phi) is 2.96. The van der Waals surface area contributed by atoms with Crippen LogP contribution in [0.5, 0.6) is 0 Å². The lowest BCUT2D eigenvalue weighted by Gasteiger charge is -2.20. The van der Waals surface area contributed by atoms with Gasteiger partial charge in [-0.25, -0.2) is 4.98 Å². The number of rotatable bonds is 2. The molecule has 94 valence electrons. The van der Waals surface area contributed by atoms with Gasteiger partial charge in [0.15, 0.2) is 5.13 Å². The van der Waals surface area contributed by atoms with Gasteiger partial charge in [0, 0.05) is 19.3 Å². The van der Waals surface area contributed by atoms with E-state index in [2.05, 4.69) is 46.8 Å². The van der Waals surface area contributed by atoms with E-state index in [-0.39, 0.29) is 0 Å². The molecule has 1 atom stereocenters. The summed E-state index contributed by atoms with van der Waals surface area (Å²) in [6, 6.07) is 6.50. The average molecular weight is 259 g/mol. The van der Waals surface area contributed by atoms with Crippen LogP contribution < -0.4 is 10.6 Å². The summed E-state index contributed by atoms with van der Waals surface area (Å²) in [7, 11) is 1.91. The number of aromatic nitrogens is 1. The van der Waals surface area contributed by atoms with E-state index >= 15 is 0 Å². The SMILES string of the molecule is CNc1nc2cc(C3=CCC(C)CN3)ccc2s1. The van der Waals surface area contributed by atoms with Crippen LogP contribution in [0, 0.1) is 5.92 Å². The van der Waals surface area contributed by atoms with Crippen molar-refractivity contribution in [1.82, 2.24) is 10.3 Å². The van der Waals surface area contributed by atoms with E-state index in [1.54, 1.807) is 11.3 Å². The maximum absolute atomic E-state index is 4.55. The maximum Gasteiger partial charge on any atom is 0.183 e. The van der Waals surface area contributed by atoms with Crippen molar-refractivity contribution in [1.29, 1.82) is 0 Å². The second-order valence-electron chi connectivity index (χ2n) is 4.79. The Balaban J connectivity index is 1.97. The number of nitrogens with one attached hydrogen (secondary N) is 2. The smallest absolute Gasteiger partial charge is 0.183 e. The minimum atomic E-state index is 0.729. The van der Waals surface area contributed by atoms with E-state index in [0.717, 1.165) is 29.5 Å². The molecule has 2 heterocycles. The van der Waals surface area contributed by atoms with Gasteiger partial charge < -0.3 is 10.6 Å². The summed E-state index contributed by atoms with van der Waals surface area (Å²) in [5.41, 5.74) is 3.56. The van der Waals surface area contributed by atoms with E-state index in [4.69, 9.17) is 0 Å². The predicted molar refractivity (Wildman–Crippen MR) is 78.9 cm³/mol. The highest BCUT2D eigenvalue weighted by atomic mass is 32.1. The molecule has 1 aromatic carbocycles. The van der Waals surface area contributed by atoms with Gasteiger partial charge in [-0.05, 0) is 30.0 Å². The molecule has 0 amide bonds. The Morgan fingerprint density at radius 2 is 2.33 bits per heavy atom. The molecule has 0 radical (unpaired) electrons. The number of fused-ring (bicyclic) bond motifs is 1. The van der Waals surface area contributed by atoms with Gasteiger partial charge in [0.05, 0.1) is 10.2 Å². The molecular weight excluding hydrogens is 242 g/mol. The molecule has 3 nitrogen and oxygen atoms in total. The number of nitrogens with zero attached hydrogens (tertiary/aromatic N) is 1.